The van der Waals surface area contributed by atoms with E-state index in [-0.39, 0.29) is 11.5 Å². The first-order chi connectivity index (χ1) is 6.49. The van der Waals surface area contributed by atoms with Crippen LogP contribution >= 0.6 is 0 Å². The summed E-state index contributed by atoms with van der Waals surface area (Å²) in [6.45, 7) is 0. The van der Waals surface area contributed by atoms with Crippen LogP contribution in [0.3, 0.4) is 0 Å². The van der Waals surface area contributed by atoms with E-state index in [1.165, 1.54) is 0 Å². The van der Waals surface area contributed by atoms with Gasteiger partial charge in [-0.05, 0) is 12.0 Å². The molecule has 1 aliphatic heterocycles. The lowest BCUT2D eigenvalue weighted by Gasteiger charge is -2.37. The van der Waals surface area contributed by atoms with E-state index in [1.807, 2.05) is 30.3 Å². The number of hydrogen-bond donors (Lipinski definition) is 1. The molecule has 1 aliphatic rings. The second-order valence-electron chi connectivity index (χ2n) is 4.06. The summed E-state index contributed by atoms with van der Waals surface area (Å²) in [6.07, 6.45) is 0.646. The van der Waals surface area contributed by atoms with E-state index < -0.39 is 15.4 Å². The van der Waals surface area contributed by atoms with E-state index in [1.54, 1.807) is 0 Å². The molecule has 2 rings (SSSR count). The van der Waals surface area contributed by atoms with Crippen LogP contribution in [0.1, 0.15) is 5.56 Å². The fourth-order valence-corrected chi connectivity index (χ4v) is 3.81. The van der Waals surface area contributed by atoms with Crippen LogP contribution in [0.15, 0.2) is 30.3 Å². The summed E-state index contributed by atoms with van der Waals surface area (Å²) in [5, 5.41) is 0. The zero-order valence-corrected chi connectivity index (χ0v) is 8.63. The lowest BCUT2D eigenvalue weighted by atomic mass is 9.95. The topological polar surface area (TPSA) is 60.2 Å². The first kappa shape index (κ1) is 9.68. The lowest BCUT2D eigenvalue weighted by molar-refractivity contribution is 0.453. The SMILES string of the molecule is NC1(Cc2ccccc2)CS(=O)(=O)C1. The van der Waals surface area contributed by atoms with E-state index in [2.05, 4.69) is 0 Å². The monoisotopic (exact) mass is 211 g/mol. The molecular formula is C10H13NO2S. The molecule has 3 nitrogen and oxygen atoms in total. The quantitative estimate of drug-likeness (QED) is 0.768. The van der Waals surface area contributed by atoms with Gasteiger partial charge in [-0.1, -0.05) is 30.3 Å². The predicted octanol–water partition coefficient (Wildman–Crippen LogP) is 0.355. The van der Waals surface area contributed by atoms with Crippen molar-refractivity contribution in [3.63, 3.8) is 0 Å². The van der Waals surface area contributed by atoms with Crippen molar-refractivity contribution in [2.75, 3.05) is 11.5 Å². The molecule has 0 atom stereocenters. The molecule has 1 fully saturated rings. The van der Waals surface area contributed by atoms with Crippen molar-refractivity contribution in [1.82, 2.24) is 0 Å². The molecule has 4 heteroatoms. The van der Waals surface area contributed by atoms with Crippen molar-refractivity contribution in [3.05, 3.63) is 35.9 Å². The Bertz CT molecular complexity index is 413. The summed E-state index contributed by atoms with van der Waals surface area (Å²) in [5.41, 5.74) is 6.51. The highest BCUT2D eigenvalue weighted by Crippen LogP contribution is 2.24. The minimum Gasteiger partial charge on any atom is -0.323 e. The maximum Gasteiger partial charge on any atom is 0.154 e. The summed E-state index contributed by atoms with van der Waals surface area (Å²) in [5.74, 6) is 0.240. The smallest absolute Gasteiger partial charge is 0.154 e. The van der Waals surface area contributed by atoms with Gasteiger partial charge < -0.3 is 5.73 Å². The van der Waals surface area contributed by atoms with Gasteiger partial charge in [0.2, 0.25) is 0 Å². The minimum absolute atomic E-state index is 0.120. The van der Waals surface area contributed by atoms with Crippen LogP contribution in [0.25, 0.3) is 0 Å². The predicted molar refractivity (Wildman–Crippen MR) is 55.7 cm³/mol. The molecule has 1 saturated heterocycles. The molecule has 76 valence electrons. The lowest BCUT2D eigenvalue weighted by Crippen LogP contribution is -2.62. The largest absolute Gasteiger partial charge is 0.323 e. The maximum absolute atomic E-state index is 11.0. The van der Waals surface area contributed by atoms with Gasteiger partial charge in [0.25, 0.3) is 0 Å². The van der Waals surface area contributed by atoms with Gasteiger partial charge >= 0.3 is 0 Å². The maximum atomic E-state index is 11.0. The van der Waals surface area contributed by atoms with E-state index >= 15 is 0 Å². The van der Waals surface area contributed by atoms with Crippen molar-refractivity contribution in [3.8, 4) is 0 Å². The Balaban J connectivity index is 2.07. The Morgan fingerprint density at radius 2 is 1.79 bits per heavy atom. The van der Waals surface area contributed by atoms with E-state index in [9.17, 15) is 8.42 Å². The molecule has 0 saturated carbocycles. The Morgan fingerprint density at radius 3 is 2.29 bits per heavy atom. The molecule has 0 aromatic heterocycles. The van der Waals surface area contributed by atoms with Gasteiger partial charge in [0, 0.05) is 5.54 Å². The third-order valence-corrected chi connectivity index (χ3v) is 4.44. The summed E-state index contributed by atoms with van der Waals surface area (Å²) >= 11 is 0. The molecule has 0 bridgehead atoms. The Kier molecular flexibility index (Phi) is 2.12. The van der Waals surface area contributed by atoms with E-state index in [4.69, 9.17) is 5.73 Å². The Morgan fingerprint density at radius 1 is 1.21 bits per heavy atom. The molecule has 0 spiro atoms. The summed E-state index contributed by atoms with van der Waals surface area (Å²) < 4.78 is 22.0. The number of hydrogen-bond acceptors (Lipinski definition) is 3. The van der Waals surface area contributed by atoms with Crippen molar-refractivity contribution in [2.24, 2.45) is 5.73 Å². The normalized spacial score (nSPS) is 22.6. The minimum atomic E-state index is -2.83. The molecule has 1 aromatic rings. The fraction of sp³-hybridized carbons (Fsp3) is 0.400. The van der Waals surface area contributed by atoms with Crippen molar-refractivity contribution < 1.29 is 8.42 Å². The zero-order chi connectivity index (χ0) is 10.2. The molecule has 1 heterocycles. The number of nitrogens with two attached hydrogens (primary N) is 1. The van der Waals surface area contributed by atoms with Crippen LogP contribution in [0.4, 0.5) is 0 Å². The molecule has 0 amide bonds. The van der Waals surface area contributed by atoms with E-state index in [0.29, 0.717) is 6.42 Å². The molecule has 0 unspecified atom stereocenters. The van der Waals surface area contributed by atoms with Gasteiger partial charge in [-0.2, -0.15) is 0 Å². The summed E-state index contributed by atoms with van der Waals surface area (Å²) in [4.78, 5) is 0. The first-order valence-electron chi connectivity index (χ1n) is 4.52. The molecule has 0 radical (unpaired) electrons. The molecule has 0 aliphatic carbocycles. The second-order valence-corrected chi connectivity index (χ2v) is 6.12. The van der Waals surface area contributed by atoms with Crippen LogP contribution in [0, 0.1) is 0 Å². The standard InChI is InChI=1S/C10H13NO2S/c11-10(7-14(12,13)8-10)6-9-4-2-1-3-5-9/h1-5H,6-8,11H2. The van der Waals surface area contributed by atoms with Crippen molar-refractivity contribution in [1.29, 1.82) is 0 Å². The first-order valence-corrected chi connectivity index (χ1v) is 6.35. The van der Waals surface area contributed by atoms with Crippen LogP contribution in [0.5, 0.6) is 0 Å². The number of sulfone groups is 1. The Hall–Kier alpha value is -0.870. The average Bonchev–Trinajstić information content (AvgIpc) is 2.01. The van der Waals surface area contributed by atoms with Crippen LogP contribution in [-0.4, -0.2) is 25.5 Å². The zero-order valence-electron chi connectivity index (χ0n) is 7.81. The molecule has 14 heavy (non-hydrogen) atoms. The van der Waals surface area contributed by atoms with Crippen molar-refractivity contribution >= 4 is 9.84 Å². The van der Waals surface area contributed by atoms with Gasteiger partial charge in [0.15, 0.2) is 9.84 Å². The van der Waals surface area contributed by atoms with Gasteiger partial charge in [-0.15, -0.1) is 0 Å². The highest BCUT2D eigenvalue weighted by molar-refractivity contribution is 7.93. The second kappa shape index (κ2) is 3.07. The summed E-state index contributed by atoms with van der Waals surface area (Å²) in [7, 11) is -2.83. The number of rotatable bonds is 2. The molecule has 1 aromatic carbocycles. The highest BCUT2D eigenvalue weighted by atomic mass is 32.2. The van der Waals surface area contributed by atoms with E-state index in [0.717, 1.165) is 5.56 Å². The number of benzene rings is 1. The Labute approximate surface area is 83.9 Å². The van der Waals surface area contributed by atoms with Gasteiger partial charge in [-0.25, -0.2) is 8.42 Å². The van der Waals surface area contributed by atoms with Crippen LogP contribution < -0.4 is 5.73 Å². The van der Waals surface area contributed by atoms with Crippen molar-refractivity contribution in [2.45, 2.75) is 12.0 Å². The third-order valence-electron chi connectivity index (χ3n) is 2.41. The highest BCUT2D eigenvalue weighted by Gasteiger charge is 2.45. The molecule has 2 N–H and O–H groups in total. The average molecular weight is 211 g/mol. The van der Waals surface area contributed by atoms with Crippen LogP contribution in [-0.2, 0) is 16.3 Å². The molecular weight excluding hydrogens is 198 g/mol. The van der Waals surface area contributed by atoms with Gasteiger partial charge in [0.1, 0.15) is 0 Å². The fourth-order valence-electron chi connectivity index (χ4n) is 1.94. The third kappa shape index (κ3) is 1.96. The summed E-state index contributed by atoms with van der Waals surface area (Å²) in [6, 6.07) is 9.75. The van der Waals surface area contributed by atoms with Crippen LogP contribution in [0.2, 0.25) is 0 Å². The van der Waals surface area contributed by atoms with Gasteiger partial charge in [0.05, 0.1) is 11.5 Å². The van der Waals surface area contributed by atoms with Gasteiger partial charge in [-0.3, -0.25) is 0 Å².